The van der Waals surface area contributed by atoms with Crippen LogP contribution in [0.25, 0.3) is 11.3 Å². The minimum Gasteiger partial charge on any atom is -0.447 e. The molecule has 0 aliphatic carbocycles. The largest absolute Gasteiger partial charge is 0.447 e. The van der Waals surface area contributed by atoms with Crippen LogP contribution in [0.3, 0.4) is 0 Å². The molecular formula is C21H18F2N4O2S. The summed E-state index contributed by atoms with van der Waals surface area (Å²) in [5.74, 6) is -0.966. The number of hydrogen-bond acceptors (Lipinski definition) is 6. The number of rotatable bonds is 4. The zero-order chi connectivity index (χ0) is 21.3. The molecule has 0 saturated carbocycles. The van der Waals surface area contributed by atoms with E-state index in [-0.39, 0.29) is 23.8 Å². The van der Waals surface area contributed by atoms with Crippen molar-refractivity contribution in [2.24, 2.45) is 0 Å². The quantitative estimate of drug-likeness (QED) is 0.558. The Kier molecular flexibility index (Phi) is 5.63. The highest BCUT2D eigenvalue weighted by molar-refractivity contribution is 7.99. The lowest BCUT2D eigenvalue weighted by atomic mass is 10.1. The van der Waals surface area contributed by atoms with Crippen molar-refractivity contribution in [3.8, 4) is 17.1 Å². The number of carbonyl (C=O) groups is 1. The van der Waals surface area contributed by atoms with E-state index in [1.807, 2.05) is 6.92 Å². The number of fused-ring (bicyclic) bond motifs is 3. The van der Waals surface area contributed by atoms with Gasteiger partial charge in [-0.25, -0.2) is 8.78 Å². The number of benzene rings is 2. The molecule has 2 aromatic carbocycles. The highest BCUT2D eigenvalue weighted by atomic mass is 32.2. The Balaban J connectivity index is 1.97. The van der Waals surface area contributed by atoms with Gasteiger partial charge in [0.15, 0.2) is 5.69 Å². The Labute approximate surface area is 176 Å². The van der Waals surface area contributed by atoms with Crippen LogP contribution in [0.1, 0.15) is 32.1 Å². The third-order valence-electron chi connectivity index (χ3n) is 4.58. The maximum atomic E-state index is 14.7. The maximum absolute atomic E-state index is 14.7. The van der Waals surface area contributed by atoms with E-state index >= 15 is 0 Å². The normalized spacial score (nSPS) is 15.1. The van der Waals surface area contributed by atoms with Crippen LogP contribution in [-0.4, -0.2) is 26.8 Å². The summed E-state index contributed by atoms with van der Waals surface area (Å²) in [6, 6.07) is 10.2. The van der Waals surface area contributed by atoms with Crippen molar-refractivity contribution in [1.82, 2.24) is 15.2 Å². The Morgan fingerprint density at radius 1 is 1.17 bits per heavy atom. The summed E-state index contributed by atoms with van der Waals surface area (Å²) in [5, 5.41) is 8.81. The van der Waals surface area contributed by atoms with Gasteiger partial charge < -0.3 is 4.74 Å². The Morgan fingerprint density at radius 2 is 1.97 bits per heavy atom. The molecule has 30 heavy (non-hydrogen) atoms. The second-order valence-electron chi connectivity index (χ2n) is 6.45. The molecule has 1 amide bonds. The van der Waals surface area contributed by atoms with E-state index in [1.54, 1.807) is 31.2 Å². The summed E-state index contributed by atoms with van der Waals surface area (Å²) >= 11 is 1.38. The minimum atomic E-state index is -1.18. The first-order valence-corrected chi connectivity index (χ1v) is 10.4. The smallest absolute Gasteiger partial charge is 0.247 e. The molecule has 0 saturated heterocycles. The van der Waals surface area contributed by atoms with Gasteiger partial charge in [0.25, 0.3) is 0 Å². The molecule has 154 valence electrons. The van der Waals surface area contributed by atoms with Gasteiger partial charge in [-0.1, -0.05) is 43.8 Å². The third-order valence-corrected chi connectivity index (χ3v) is 5.30. The van der Waals surface area contributed by atoms with Gasteiger partial charge in [-0.2, -0.15) is 4.98 Å². The van der Waals surface area contributed by atoms with Gasteiger partial charge in [0.1, 0.15) is 11.6 Å². The third kappa shape index (κ3) is 3.60. The molecule has 0 fully saturated rings. The first-order valence-electron chi connectivity index (χ1n) is 9.44. The number of halogens is 2. The standard InChI is InChI=1S/C21H18F2N4O2S/c1-3-17(28)27-16-8-6-5-7-14(16)18-19(24-21(26-25-18)30-4-2)29-20(27)13-10-9-12(22)11-15(13)23/h5-11,20H,3-4H2,1-2H3/t20-/m0/s1. The molecular weight excluding hydrogens is 410 g/mol. The summed E-state index contributed by atoms with van der Waals surface area (Å²) in [7, 11) is 0. The van der Waals surface area contributed by atoms with Gasteiger partial charge in [-0.05, 0) is 24.0 Å². The molecule has 0 spiro atoms. The number of nitrogens with zero attached hydrogens (tertiary/aromatic N) is 4. The highest BCUT2D eigenvalue weighted by Gasteiger charge is 2.36. The zero-order valence-electron chi connectivity index (χ0n) is 16.3. The lowest BCUT2D eigenvalue weighted by Crippen LogP contribution is -2.37. The number of aromatic nitrogens is 3. The molecule has 1 aliphatic rings. The molecule has 0 N–H and O–H groups in total. The van der Waals surface area contributed by atoms with E-state index in [0.29, 0.717) is 22.1 Å². The first kappa shape index (κ1) is 20.2. The maximum Gasteiger partial charge on any atom is 0.247 e. The van der Waals surface area contributed by atoms with Crippen LogP contribution in [0.2, 0.25) is 0 Å². The molecule has 0 radical (unpaired) electrons. The summed E-state index contributed by atoms with van der Waals surface area (Å²) in [6.07, 6.45) is -1.03. The average Bonchev–Trinajstić information content (AvgIpc) is 2.88. The predicted octanol–water partition coefficient (Wildman–Crippen LogP) is 4.76. The van der Waals surface area contributed by atoms with Gasteiger partial charge in [-0.15, -0.1) is 10.2 Å². The molecule has 0 unspecified atom stereocenters. The van der Waals surface area contributed by atoms with Crippen LogP contribution < -0.4 is 9.64 Å². The number of ether oxygens (including phenoxy) is 1. The summed E-state index contributed by atoms with van der Waals surface area (Å²) < 4.78 is 34.4. The molecule has 9 heteroatoms. The fourth-order valence-electron chi connectivity index (χ4n) is 3.25. The predicted molar refractivity (Wildman–Crippen MR) is 109 cm³/mol. The van der Waals surface area contributed by atoms with Gasteiger partial charge in [0, 0.05) is 23.6 Å². The van der Waals surface area contributed by atoms with E-state index in [0.717, 1.165) is 17.9 Å². The molecule has 6 nitrogen and oxygen atoms in total. The van der Waals surface area contributed by atoms with E-state index in [9.17, 15) is 13.6 Å². The van der Waals surface area contributed by atoms with Crippen molar-refractivity contribution in [2.45, 2.75) is 31.7 Å². The summed E-state index contributed by atoms with van der Waals surface area (Å²) in [4.78, 5) is 18.8. The summed E-state index contributed by atoms with van der Waals surface area (Å²) in [6.45, 7) is 3.66. The molecule has 4 rings (SSSR count). The average molecular weight is 428 g/mol. The van der Waals surface area contributed by atoms with E-state index in [4.69, 9.17) is 4.74 Å². The van der Waals surface area contributed by atoms with Crippen molar-refractivity contribution in [1.29, 1.82) is 0 Å². The Morgan fingerprint density at radius 3 is 2.70 bits per heavy atom. The lowest BCUT2D eigenvalue weighted by molar-refractivity contribution is -0.120. The number of thioether (sulfide) groups is 1. The molecule has 2 heterocycles. The number of anilines is 1. The fraction of sp³-hybridized carbons (Fsp3) is 0.238. The molecule has 1 aromatic heterocycles. The van der Waals surface area contributed by atoms with Crippen LogP contribution in [0.5, 0.6) is 5.88 Å². The van der Waals surface area contributed by atoms with Crippen LogP contribution in [-0.2, 0) is 4.79 Å². The highest BCUT2D eigenvalue weighted by Crippen LogP contribution is 2.43. The number of para-hydroxylation sites is 1. The second-order valence-corrected chi connectivity index (χ2v) is 7.68. The van der Waals surface area contributed by atoms with Crippen LogP contribution >= 0.6 is 11.8 Å². The number of carbonyl (C=O) groups excluding carboxylic acids is 1. The SMILES string of the molecule is CCSc1nnc2c(n1)O[C@@H](c1ccc(F)cc1F)N(C(=O)CC)c1ccccc1-2. The van der Waals surface area contributed by atoms with Gasteiger partial charge in [-0.3, -0.25) is 9.69 Å². The van der Waals surface area contributed by atoms with Crippen molar-refractivity contribution in [3.05, 3.63) is 59.7 Å². The van der Waals surface area contributed by atoms with E-state index < -0.39 is 17.9 Å². The fourth-order valence-corrected chi connectivity index (χ4v) is 3.75. The first-order chi connectivity index (χ1) is 14.5. The molecule has 1 atom stereocenters. The van der Waals surface area contributed by atoms with Gasteiger partial charge >= 0.3 is 0 Å². The van der Waals surface area contributed by atoms with Crippen LogP contribution in [0, 0.1) is 11.6 Å². The minimum absolute atomic E-state index is 0.0177. The Bertz CT molecular complexity index is 1110. The van der Waals surface area contributed by atoms with Crippen molar-refractivity contribution in [2.75, 3.05) is 10.7 Å². The Hall–Kier alpha value is -3.07. The number of hydrogen-bond donors (Lipinski definition) is 0. The monoisotopic (exact) mass is 428 g/mol. The second kappa shape index (κ2) is 8.35. The molecule has 3 aromatic rings. The summed E-state index contributed by atoms with van der Waals surface area (Å²) in [5.41, 5.74) is 1.45. The van der Waals surface area contributed by atoms with Crippen LogP contribution in [0.4, 0.5) is 14.5 Å². The van der Waals surface area contributed by atoms with Gasteiger partial charge in [0.05, 0.1) is 5.69 Å². The topological polar surface area (TPSA) is 68.2 Å². The van der Waals surface area contributed by atoms with Gasteiger partial charge in [0.2, 0.25) is 23.2 Å². The molecule has 1 aliphatic heterocycles. The van der Waals surface area contributed by atoms with E-state index in [2.05, 4.69) is 15.2 Å². The van der Waals surface area contributed by atoms with Crippen LogP contribution in [0.15, 0.2) is 47.6 Å². The van der Waals surface area contributed by atoms with Crippen molar-refractivity contribution >= 4 is 23.4 Å². The van der Waals surface area contributed by atoms with Crippen molar-refractivity contribution in [3.63, 3.8) is 0 Å². The molecule has 0 bridgehead atoms. The lowest BCUT2D eigenvalue weighted by Gasteiger charge is -2.30. The van der Waals surface area contributed by atoms with Crippen molar-refractivity contribution < 1.29 is 18.3 Å². The van der Waals surface area contributed by atoms with E-state index in [1.165, 1.54) is 22.7 Å². The zero-order valence-corrected chi connectivity index (χ0v) is 17.1. The number of amides is 1.